The van der Waals surface area contributed by atoms with Crippen LogP contribution < -0.4 is 5.32 Å². The van der Waals surface area contributed by atoms with Crippen LogP contribution in [-0.4, -0.2) is 45.9 Å². The van der Waals surface area contributed by atoms with E-state index in [4.69, 9.17) is 16.3 Å². The number of amides is 1. The molecule has 1 unspecified atom stereocenters. The van der Waals surface area contributed by atoms with E-state index in [1.807, 2.05) is 25.7 Å². The van der Waals surface area contributed by atoms with Gasteiger partial charge < -0.3 is 15.0 Å². The lowest BCUT2D eigenvalue weighted by Gasteiger charge is -2.27. The molecule has 1 N–H and O–H groups in total. The summed E-state index contributed by atoms with van der Waals surface area (Å²) in [6.45, 7) is 7.31. The van der Waals surface area contributed by atoms with Gasteiger partial charge in [-0.05, 0) is 75.8 Å². The Balaban J connectivity index is 1.33. The highest BCUT2D eigenvalue weighted by atomic mass is 35.5. The molecule has 0 aromatic carbocycles. The largest absolute Gasteiger partial charge is 0.444 e. The molecule has 148 valence electrons. The molecule has 3 aliphatic rings. The number of nitrogens with zero attached hydrogens (tertiary/aromatic N) is 3. The summed E-state index contributed by atoms with van der Waals surface area (Å²) in [6.07, 6.45) is 5.57. The lowest BCUT2D eigenvalue weighted by molar-refractivity contribution is 0.0280. The summed E-state index contributed by atoms with van der Waals surface area (Å²) in [5.41, 5.74) is 0.694. The minimum atomic E-state index is -0.440. The molecule has 0 radical (unpaired) electrons. The van der Waals surface area contributed by atoms with E-state index in [-0.39, 0.29) is 6.09 Å². The molecule has 7 heteroatoms. The van der Waals surface area contributed by atoms with E-state index >= 15 is 0 Å². The Bertz CT molecular complexity index is 702. The van der Waals surface area contributed by atoms with Gasteiger partial charge in [-0.2, -0.15) is 0 Å². The van der Waals surface area contributed by atoms with E-state index < -0.39 is 5.60 Å². The molecule has 1 aliphatic heterocycles. The quantitative estimate of drug-likeness (QED) is 0.822. The second-order valence-corrected chi connectivity index (χ2v) is 9.68. The highest BCUT2D eigenvalue weighted by molar-refractivity contribution is 6.30. The van der Waals surface area contributed by atoms with Crippen molar-refractivity contribution in [2.24, 2.45) is 11.8 Å². The molecule has 1 aromatic rings. The number of ether oxygens (including phenoxy) is 1. The molecule has 1 aromatic heterocycles. The Morgan fingerprint density at radius 2 is 1.89 bits per heavy atom. The summed E-state index contributed by atoms with van der Waals surface area (Å²) in [4.78, 5) is 14.2. The van der Waals surface area contributed by atoms with Crippen molar-refractivity contribution in [2.45, 2.75) is 70.4 Å². The van der Waals surface area contributed by atoms with Crippen molar-refractivity contribution in [1.82, 2.24) is 15.1 Å². The van der Waals surface area contributed by atoms with Crippen LogP contribution in [0.5, 0.6) is 0 Å². The van der Waals surface area contributed by atoms with Gasteiger partial charge in [0.25, 0.3) is 0 Å². The molecule has 2 saturated carbocycles. The molecular weight excluding hydrogens is 364 g/mol. The van der Waals surface area contributed by atoms with Crippen molar-refractivity contribution in [1.29, 1.82) is 0 Å². The van der Waals surface area contributed by atoms with E-state index in [2.05, 4.69) is 21.6 Å². The van der Waals surface area contributed by atoms with Gasteiger partial charge in [-0.3, -0.25) is 0 Å². The molecule has 6 nitrogen and oxygen atoms in total. The third kappa shape index (κ3) is 4.15. The molecular formula is C20H29ClN4O2. The summed E-state index contributed by atoms with van der Waals surface area (Å²) in [5, 5.41) is 12.5. The summed E-state index contributed by atoms with van der Waals surface area (Å²) < 4.78 is 5.51. The van der Waals surface area contributed by atoms with Crippen molar-refractivity contribution >= 4 is 23.5 Å². The average Bonchev–Trinajstić information content (AvgIpc) is 3.05. The number of anilines is 1. The number of nitrogens with one attached hydrogen (secondary N) is 1. The van der Waals surface area contributed by atoms with Crippen LogP contribution in [0.3, 0.4) is 0 Å². The minimum absolute atomic E-state index is 0.185. The van der Waals surface area contributed by atoms with Crippen LogP contribution in [0.1, 0.15) is 64.4 Å². The second-order valence-electron chi connectivity index (χ2n) is 9.32. The maximum atomic E-state index is 12.3. The van der Waals surface area contributed by atoms with Crippen molar-refractivity contribution < 1.29 is 9.53 Å². The average molecular weight is 393 g/mol. The highest BCUT2D eigenvalue weighted by Crippen LogP contribution is 2.41. The number of carbonyl (C=O) groups is 1. The van der Waals surface area contributed by atoms with E-state index in [0.717, 1.165) is 37.3 Å². The Labute approximate surface area is 166 Å². The van der Waals surface area contributed by atoms with Crippen LogP contribution >= 0.6 is 11.6 Å². The molecule has 2 aliphatic carbocycles. The van der Waals surface area contributed by atoms with Crippen molar-refractivity contribution in [3.63, 3.8) is 0 Å². The van der Waals surface area contributed by atoms with Gasteiger partial charge >= 0.3 is 6.09 Å². The topological polar surface area (TPSA) is 67.3 Å². The van der Waals surface area contributed by atoms with Gasteiger partial charge in [-0.1, -0.05) is 18.0 Å². The van der Waals surface area contributed by atoms with Gasteiger partial charge in [0.05, 0.1) is 0 Å². The normalized spacial score (nSPS) is 28.0. The molecule has 0 bridgehead atoms. The molecule has 3 fully saturated rings. The standard InChI is InChI=1S/C20H29ClN4O2/c1-20(2,3)27-19(26)25-10-13-7-15(8-14(13)11-25)22-17-9-16(12-5-4-6-12)18(21)24-23-17/h9,12-15H,4-8,10-11H2,1-3H3,(H,22,23)/t13-,14+,15?. The number of fused-ring (bicyclic) bond motifs is 1. The summed E-state index contributed by atoms with van der Waals surface area (Å²) in [7, 11) is 0. The zero-order valence-corrected chi connectivity index (χ0v) is 17.1. The predicted molar refractivity (Wildman–Crippen MR) is 105 cm³/mol. The number of hydrogen-bond acceptors (Lipinski definition) is 5. The van der Waals surface area contributed by atoms with Crippen LogP contribution in [0.4, 0.5) is 10.6 Å². The number of aromatic nitrogens is 2. The monoisotopic (exact) mass is 392 g/mol. The Hall–Kier alpha value is -1.56. The second kappa shape index (κ2) is 7.12. The van der Waals surface area contributed by atoms with E-state index in [1.54, 1.807) is 0 Å². The first-order valence-corrected chi connectivity index (χ1v) is 10.4. The molecule has 2 heterocycles. The fourth-order valence-electron chi connectivity index (χ4n) is 4.57. The van der Waals surface area contributed by atoms with Crippen LogP contribution in [0, 0.1) is 11.8 Å². The van der Waals surface area contributed by atoms with Crippen molar-refractivity contribution in [3.8, 4) is 0 Å². The van der Waals surface area contributed by atoms with E-state index in [9.17, 15) is 4.79 Å². The van der Waals surface area contributed by atoms with Crippen LogP contribution in [-0.2, 0) is 4.74 Å². The Kier molecular flexibility index (Phi) is 4.95. The smallest absolute Gasteiger partial charge is 0.410 e. The maximum absolute atomic E-state index is 12.3. The third-order valence-corrected chi connectivity index (χ3v) is 6.37. The number of carbonyl (C=O) groups excluding carboxylic acids is 1. The first-order valence-electron chi connectivity index (χ1n) is 10.1. The van der Waals surface area contributed by atoms with Crippen LogP contribution in [0.15, 0.2) is 6.07 Å². The zero-order chi connectivity index (χ0) is 19.2. The van der Waals surface area contributed by atoms with Gasteiger partial charge in [0.1, 0.15) is 11.4 Å². The SMILES string of the molecule is CC(C)(C)OC(=O)N1C[C@H]2CC(Nc3cc(C4CCC4)c(Cl)nn3)C[C@H]2C1. The summed E-state index contributed by atoms with van der Waals surface area (Å²) in [5.74, 6) is 2.43. The zero-order valence-electron chi connectivity index (χ0n) is 16.4. The van der Waals surface area contributed by atoms with Gasteiger partial charge in [0.15, 0.2) is 5.15 Å². The van der Waals surface area contributed by atoms with Gasteiger partial charge in [-0.15, -0.1) is 10.2 Å². The molecule has 3 atom stereocenters. The molecule has 4 rings (SSSR count). The first kappa shape index (κ1) is 18.8. The van der Waals surface area contributed by atoms with Crippen molar-refractivity contribution in [2.75, 3.05) is 18.4 Å². The molecule has 1 saturated heterocycles. The number of likely N-dealkylation sites (tertiary alicyclic amines) is 1. The maximum Gasteiger partial charge on any atom is 0.410 e. The number of rotatable bonds is 3. The molecule has 0 spiro atoms. The van der Waals surface area contributed by atoms with Gasteiger partial charge in [0, 0.05) is 19.1 Å². The van der Waals surface area contributed by atoms with E-state index in [1.165, 1.54) is 19.3 Å². The van der Waals surface area contributed by atoms with Gasteiger partial charge in [-0.25, -0.2) is 4.79 Å². The highest BCUT2D eigenvalue weighted by Gasteiger charge is 2.43. The lowest BCUT2D eigenvalue weighted by atomic mass is 9.81. The fraction of sp³-hybridized carbons (Fsp3) is 0.750. The number of hydrogen-bond donors (Lipinski definition) is 1. The van der Waals surface area contributed by atoms with Crippen LogP contribution in [0.25, 0.3) is 0 Å². The van der Waals surface area contributed by atoms with Gasteiger partial charge in [0.2, 0.25) is 0 Å². The predicted octanol–water partition coefficient (Wildman–Crippen LogP) is 4.45. The first-order chi connectivity index (χ1) is 12.8. The Morgan fingerprint density at radius 1 is 1.22 bits per heavy atom. The third-order valence-electron chi connectivity index (χ3n) is 6.08. The fourth-order valence-corrected chi connectivity index (χ4v) is 4.82. The number of halogens is 1. The summed E-state index contributed by atoms with van der Waals surface area (Å²) in [6, 6.07) is 2.46. The Morgan fingerprint density at radius 3 is 2.44 bits per heavy atom. The minimum Gasteiger partial charge on any atom is -0.444 e. The molecule has 27 heavy (non-hydrogen) atoms. The van der Waals surface area contributed by atoms with E-state index in [0.29, 0.717) is 28.9 Å². The molecule has 1 amide bonds. The summed E-state index contributed by atoms with van der Waals surface area (Å²) >= 11 is 6.24. The lowest BCUT2D eigenvalue weighted by Crippen LogP contribution is -2.36. The van der Waals surface area contributed by atoms with Crippen LogP contribution in [0.2, 0.25) is 5.15 Å². The van der Waals surface area contributed by atoms with Crippen molar-refractivity contribution in [3.05, 3.63) is 16.8 Å².